The summed E-state index contributed by atoms with van der Waals surface area (Å²) in [6.45, 7) is 4.76. The molecule has 0 spiro atoms. The number of amides is 1. The number of rotatable bonds is 3. The van der Waals surface area contributed by atoms with E-state index in [-0.39, 0.29) is 18.0 Å². The Kier molecular flexibility index (Phi) is 4.44. The first-order valence-electron chi connectivity index (χ1n) is 5.61. The smallest absolute Gasteiger partial charge is 0.412 e. The minimum atomic E-state index is -0.771. The number of nitro groups is 1. The lowest BCUT2D eigenvalue weighted by Crippen LogP contribution is -2.27. The van der Waals surface area contributed by atoms with Gasteiger partial charge >= 0.3 is 6.09 Å². The number of carbonyl (C=O) groups excluding carboxylic acids is 1. The molecule has 0 atom stereocenters. The third-order valence-corrected chi connectivity index (χ3v) is 2.08. The van der Waals surface area contributed by atoms with Crippen LogP contribution in [-0.2, 0) is 11.3 Å². The second kappa shape index (κ2) is 5.66. The van der Waals surface area contributed by atoms with E-state index in [0.29, 0.717) is 5.56 Å². The second-order valence-corrected chi connectivity index (χ2v) is 4.89. The Morgan fingerprint density at radius 3 is 2.58 bits per heavy atom. The molecule has 2 N–H and O–H groups in total. The van der Waals surface area contributed by atoms with Crippen molar-refractivity contribution in [3.8, 4) is 0 Å². The Hall–Kier alpha value is -2.15. The van der Waals surface area contributed by atoms with Crippen LogP contribution in [0.1, 0.15) is 26.3 Å². The van der Waals surface area contributed by atoms with E-state index in [2.05, 4.69) is 5.32 Å². The molecule has 0 saturated heterocycles. The van der Waals surface area contributed by atoms with Crippen molar-refractivity contribution in [3.63, 3.8) is 0 Å². The standard InChI is InChI=1S/C12H16N2O5/c1-12(2,3)19-11(16)13-9-5-4-8(7-15)6-10(9)14(17)18/h4-6,15H,7H2,1-3H3,(H,13,16). The zero-order valence-corrected chi connectivity index (χ0v) is 11.0. The number of nitro benzene ring substituents is 1. The molecule has 19 heavy (non-hydrogen) atoms. The maximum atomic E-state index is 11.6. The second-order valence-electron chi connectivity index (χ2n) is 4.89. The number of nitrogens with zero attached hydrogens (tertiary/aromatic N) is 1. The van der Waals surface area contributed by atoms with E-state index >= 15 is 0 Å². The number of anilines is 1. The van der Waals surface area contributed by atoms with Gasteiger partial charge < -0.3 is 9.84 Å². The van der Waals surface area contributed by atoms with Crippen LogP contribution in [0.3, 0.4) is 0 Å². The molecule has 7 nitrogen and oxygen atoms in total. The molecule has 0 bridgehead atoms. The lowest BCUT2D eigenvalue weighted by atomic mass is 10.2. The molecule has 104 valence electrons. The summed E-state index contributed by atoms with van der Waals surface area (Å²) in [5.74, 6) is 0. The van der Waals surface area contributed by atoms with Crippen LogP contribution in [0, 0.1) is 10.1 Å². The molecule has 0 aliphatic rings. The molecule has 1 aromatic carbocycles. The predicted octanol–water partition coefficient (Wildman–Crippen LogP) is 2.43. The van der Waals surface area contributed by atoms with Crippen molar-refractivity contribution >= 4 is 17.5 Å². The first kappa shape index (κ1) is 14.9. The fourth-order valence-corrected chi connectivity index (χ4v) is 1.35. The summed E-state index contributed by atoms with van der Waals surface area (Å²) in [6.07, 6.45) is -0.771. The maximum Gasteiger partial charge on any atom is 0.412 e. The number of nitrogens with one attached hydrogen (secondary N) is 1. The largest absolute Gasteiger partial charge is 0.444 e. The summed E-state index contributed by atoms with van der Waals surface area (Å²) >= 11 is 0. The highest BCUT2D eigenvalue weighted by Crippen LogP contribution is 2.26. The lowest BCUT2D eigenvalue weighted by Gasteiger charge is -2.19. The SMILES string of the molecule is CC(C)(C)OC(=O)Nc1ccc(CO)cc1[N+](=O)[O-]. The summed E-state index contributed by atoms with van der Waals surface area (Å²) in [5, 5.41) is 22.1. The van der Waals surface area contributed by atoms with Crippen molar-refractivity contribution in [1.82, 2.24) is 0 Å². The molecule has 0 heterocycles. The highest BCUT2D eigenvalue weighted by Gasteiger charge is 2.20. The average molecular weight is 268 g/mol. The minimum Gasteiger partial charge on any atom is -0.444 e. The minimum absolute atomic E-state index is 0.0245. The van der Waals surface area contributed by atoms with E-state index in [1.54, 1.807) is 20.8 Å². The molecule has 0 aromatic heterocycles. The summed E-state index contributed by atoms with van der Waals surface area (Å²) in [6, 6.07) is 4.04. The van der Waals surface area contributed by atoms with Gasteiger partial charge in [-0.2, -0.15) is 0 Å². The highest BCUT2D eigenvalue weighted by molar-refractivity contribution is 5.88. The van der Waals surface area contributed by atoms with Crippen molar-refractivity contribution in [2.75, 3.05) is 5.32 Å². The van der Waals surface area contributed by atoms with Crippen LogP contribution < -0.4 is 5.32 Å². The zero-order valence-electron chi connectivity index (χ0n) is 11.0. The average Bonchev–Trinajstić information content (AvgIpc) is 2.26. The van der Waals surface area contributed by atoms with Gasteiger partial charge in [-0.25, -0.2) is 4.79 Å². The molecule has 0 fully saturated rings. The van der Waals surface area contributed by atoms with Gasteiger partial charge in [-0.15, -0.1) is 0 Å². The number of hydrogen-bond donors (Lipinski definition) is 2. The fraction of sp³-hybridized carbons (Fsp3) is 0.417. The Morgan fingerprint density at radius 1 is 1.47 bits per heavy atom. The number of aliphatic hydroxyl groups excluding tert-OH is 1. The van der Waals surface area contributed by atoms with Gasteiger partial charge in [0.05, 0.1) is 11.5 Å². The number of carbonyl (C=O) groups is 1. The molecule has 1 amide bonds. The van der Waals surface area contributed by atoms with Gasteiger partial charge in [0.2, 0.25) is 0 Å². The first-order valence-corrected chi connectivity index (χ1v) is 5.61. The van der Waals surface area contributed by atoms with Crippen molar-refractivity contribution in [2.45, 2.75) is 33.0 Å². The quantitative estimate of drug-likeness (QED) is 0.647. The molecule has 0 radical (unpaired) electrons. The van der Waals surface area contributed by atoms with Crippen LogP contribution in [0.2, 0.25) is 0 Å². The van der Waals surface area contributed by atoms with Crippen molar-refractivity contribution in [3.05, 3.63) is 33.9 Å². The van der Waals surface area contributed by atoms with Gasteiger partial charge in [-0.1, -0.05) is 6.07 Å². The number of aliphatic hydroxyl groups is 1. The molecule has 1 rings (SSSR count). The lowest BCUT2D eigenvalue weighted by molar-refractivity contribution is -0.384. The summed E-state index contributed by atoms with van der Waals surface area (Å²) in [7, 11) is 0. The zero-order chi connectivity index (χ0) is 14.6. The Balaban J connectivity index is 2.95. The van der Waals surface area contributed by atoms with E-state index in [0.717, 1.165) is 0 Å². The molecule has 1 aromatic rings. The van der Waals surface area contributed by atoms with Crippen molar-refractivity contribution in [2.24, 2.45) is 0 Å². The first-order chi connectivity index (χ1) is 8.73. The predicted molar refractivity (Wildman–Crippen MR) is 68.9 cm³/mol. The van der Waals surface area contributed by atoms with Gasteiger partial charge in [0.1, 0.15) is 11.3 Å². The van der Waals surface area contributed by atoms with Gasteiger partial charge in [0, 0.05) is 6.07 Å². The summed E-state index contributed by atoms with van der Waals surface area (Å²) in [5.41, 5.74) is -0.570. The monoisotopic (exact) mass is 268 g/mol. The molecular formula is C12H16N2O5. The Labute approximate surface area is 110 Å². The molecular weight excluding hydrogens is 252 g/mol. The van der Waals surface area contributed by atoms with Crippen molar-refractivity contribution in [1.29, 1.82) is 0 Å². The van der Waals surface area contributed by atoms with Crippen molar-refractivity contribution < 1.29 is 19.6 Å². The van der Waals surface area contributed by atoms with Gasteiger partial charge in [-0.3, -0.25) is 15.4 Å². The van der Waals surface area contributed by atoms with E-state index in [1.807, 2.05) is 0 Å². The molecule has 0 aliphatic heterocycles. The molecule has 7 heteroatoms. The van der Waals surface area contributed by atoms with Crippen LogP contribution in [0.4, 0.5) is 16.2 Å². The maximum absolute atomic E-state index is 11.6. The summed E-state index contributed by atoms with van der Waals surface area (Å²) in [4.78, 5) is 21.8. The molecule has 0 saturated carbocycles. The fourth-order valence-electron chi connectivity index (χ4n) is 1.35. The van der Waals surface area contributed by atoms with Gasteiger partial charge in [-0.05, 0) is 32.4 Å². The van der Waals surface area contributed by atoms with E-state index in [9.17, 15) is 14.9 Å². The highest BCUT2D eigenvalue weighted by atomic mass is 16.6. The third kappa shape index (κ3) is 4.55. The summed E-state index contributed by atoms with van der Waals surface area (Å²) < 4.78 is 5.01. The van der Waals surface area contributed by atoms with Gasteiger partial charge in [0.25, 0.3) is 5.69 Å². The van der Waals surface area contributed by atoms with E-state index < -0.39 is 16.6 Å². The number of hydrogen-bond acceptors (Lipinski definition) is 5. The number of benzene rings is 1. The van der Waals surface area contributed by atoms with Crippen LogP contribution in [0.25, 0.3) is 0 Å². The van der Waals surface area contributed by atoms with Crippen LogP contribution in [0.5, 0.6) is 0 Å². The number of ether oxygens (including phenoxy) is 1. The van der Waals surface area contributed by atoms with Crippen LogP contribution >= 0.6 is 0 Å². The van der Waals surface area contributed by atoms with E-state index in [1.165, 1.54) is 18.2 Å². The Morgan fingerprint density at radius 2 is 2.11 bits per heavy atom. The molecule has 0 aliphatic carbocycles. The van der Waals surface area contributed by atoms with Crippen LogP contribution in [0.15, 0.2) is 18.2 Å². The third-order valence-electron chi connectivity index (χ3n) is 2.08. The Bertz CT molecular complexity index is 493. The molecule has 0 unspecified atom stereocenters. The van der Waals surface area contributed by atoms with Gasteiger partial charge in [0.15, 0.2) is 0 Å². The normalized spacial score (nSPS) is 10.9. The van der Waals surface area contributed by atoms with Crippen LogP contribution in [-0.4, -0.2) is 21.7 Å². The van der Waals surface area contributed by atoms with E-state index in [4.69, 9.17) is 9.84 Å². The topological polar surface area (TPSA) is 102 Å².